The van der Waals surface area contributed by atoms with Gasteiger partial charge >= 0.3 is 0 Å². The van der Waals surface area contributed by atoms with Crippen LogP contribution in [0, 0.1) is 6.92 Å². The number of pyridine rings is 1. The number of imidazole rings is 1. The maximum absolute atomic E-state index is 5.75. The fourth-order valence-electron chi connectivity index (χ4n) is 2.24. The predicted molar refractivity (Wildman–Crippen MR) is 79.6 cm³/mol. The molecule has 0 aliphatic heterocycles. The van der Waals surface area contributed by atoms with Gasteiger partial charge < -0.3 is 9.40 Å². The molecule has 5 nitrogen and oxygen atoms in total. The Balaban J connectivity index is 1.81. The van der Waals surface area contributed by atoms with Crippen LogP contribution in [0.15, 0.2) is 53.1 Å². The van der Waals surface area contributed by atoms with Gasteiger partial charge in [-0.3, -0.25) is 0 Å². The Morgan fingerprint density at radius 3 is 2.62 bits per heavy atom. The summed E-state index contributed by atoms with van der Waals surface area (Å²) in [5, 5.41) is 0. The standard InChI is InChI=1S/C16H12N4O/c1-10-17-9-14(18-10)11-6-4-7-13(19-11)16-20-12-5-2-3-8-15(12)21-16/h2-9H,1H3,(H,17,18). The topological polar surface area (TPSA) is 67.6 Å². The number of para-hydroxylation sites is 2. The third kappa shape index (κ3) is 2.08. The van der Waals surface area contributed by atoms with Crippen LogP contribution < -0.4 is 0 Å². The molecule has 0 atom stereocenters. The summed E-state index contributed by atoms with van der Waals surface area (Å²) >= 11 is 0. The number of benzene rings is 1. The third-order valence-corrected chi connectivity index (χ3v) is 3.24. The number of fused-ring (bicyclic) bond motifs is 1. The molecule has 3 aromatic heterocycles. The average Bonchev–Trinajstić information content (AvgIpc) is 3.13. The van der Waals surface area contributed by atoms with Gasteiger partial charge in [0.05, 0.1) is 17.6 Å². The number of rotatable bonds is 2. The smallest absolute Gasteiger partial charge is 0.246 e. The SMILES string of the molecule is Cc1ncc(-c2cccc(-c3nc4ccccc4o3)n2)[nH]1. The van der Waals surface area contributed by atoms with Gasteiger partial charge in [-0.1, -0.05) is 18.2 Å². The van der Waals surface area contributed by atoms with Gasteiger partial charge in [0, 0.05) is 0 Å². The van der Waals surface area contributed by atoms with Crippen molar-refractivity contribution in [3.8, 4) is 23.0 Å². The number of nitrogens with one attached hydrogen (secondary N) is 1. The van der Waals surface area contributed by atoms with E-state index in [4.69, 9.17) is 4.42 Å². The highest BCUT2D eigenvalue weighted by Gasteiger charge is 2.11. The van der Waals surface area contributed by atoms with Crippen molar-refractivity contribution >= 4 is 11.1 Å². The maximum atomic E-state index is 5.75. The molecule has 102 valence electrons. The molecule has 0 fully saturated rings. The molecular weight excluding hydrogens is 264 g/mol. The summed E-state index contributed by atoms with van der Waals surface area (Å²) in [5.74, 6) is 1.38. The Labute approximate surface area is 120 Å². The first-order valence-electron chi connectivity index (χ1n) is 6.64. The fraction of sp³-hybridized carbons (Fsp3) is 0.0625. The zero-order chi connectivity index (χ0) is 14.2. The van der Waals surface area contributed by atoms with Gasteiger partial charge in [0.25, 0.3) is 0 Å². The molecule has 4 aromatic rings. The summed E-state index contributed by atoms with van der Waals surface area (Å²) in [6.45, 7) is 1.91. The zero-order valence-corrected chi connectivity index (χ0v) is 11.4. The molecule has 0 radical (unpaired) electrons. The van der Waals surface area contributed by atoms with E-state index in [1.165, 1.54) is 0 Å². The number of hydrogen-bond acceptors (Lipinski definition) is 4. The lowest BCUT2D eigenvalue weighted by Gasteiger charge is -1.99. The number of oxazole rings is 1. The molecule has 0 amide bonds. The maximum Gasteiger partial charge on any atom is 0.246 e. The molecule has 5 heteroatoms. The van der Waals surface area contributed by atoms with Crippen LogP contribution in [0.1, 0.15) is 5.82 Å². The number of aromatic amines is 1. The number of hydrogen-bond donors (Lipinski definition) is 1. The van der Waals surface area contributed by atoms with E-state index < -0.39 is 0 Å². The van der Waals surface area contributed by atoms with Crippen molar-refractivity contribution < 1.29 is 4.42 Å². The fourth-order valence-corrected chi connectivity index (χ4v) is 2.24. The average molecular weight is 276 g/mol. The van der Waals surface area contributed by atoms with Crippen molar-refractivity contribution in [1.29, 1.82) is 0 Å². The second kappa shape index (κ2) is 4.56. The first kappa shape index (κ1) is 11.8. The second-order valence-electron chi connectivity index (χ2n) is 4.78. The highest BCUT2D eigenvalue weighted by atomic mass is 16.3. The Kier molecular flexibility index (Phi) is 2.57. The summed E-state index contributed by atoms with van der Waals surface area (Å²) in [7, 11) is 0. The van der Waals surface area contributed by atoms with Crippen molar-refractivity contribution in [3.05, 3.63) is 54.5 Å². The van der Waals surface area contributed by atoms with Crippen LogP contribution in [0.5, 0.6) is 0 Å². The lowest BCUT2D eigenvalue weighted by atomic mass is 10.2. The van der Waals surface area contributed by atoms with E-state index in [0.29, 0.717) is 11.6 Å². The molecule has 0 aliphatic rings. The van der Waals surface area contributed by atoms with Crippen molar-refractivity contribution in [2.24, 2.45) is 0 Å². The monoisotopic (exact) mass is 276 g/mol. The van der Waals surface area contributed by atoms with E-state index in [1.807, 2.05) is 49.4 Å². The number of nitrogens with zero attached hydrogens (tertiary/aromatic N) is 3. The molecule has 0 saturated carbocycles. The van der Waals surface area contributed by atoms with Gasteiger partial charge in [-0.15, -0.1) is 0 Å². The van der Waals surface area contributed by atoms with Crippen molar-refractivity contribution in [3.63, 3.8) is 0 Å². The normalized spacial score (nSPS) is 11.1. The van der Waals surface area contributed by atoms with E-state index in [2.05, 4.69) is 19.9 Å². The minimum absolute atomic E-state index is 0.522. The molecule has 0 aliphatic carbocycles. The van der Waals surface area contributed by atoms with E-state index >= 15 is 0 Å². The minimum Gasteiger partial charge on any atom is -0.435 e. The third-order valence-electron chi connectivity index (χ3n) is 3.24. The van der Waals surface area contributed by atoms with E-state index in [0.717, 1.165) is 28.3 Å². The summed E-state index contributed by atoms with van der Waals surface area (Å²) in [6.07, 6.45) is 1.77. The molecule has 21 heavy (non-hydrogen) atoms. The lowest BCUT2D eigenvalue weighted by Crippen LogP contribution is -1.88. The number of H-pyrrole nitrogens is 1. The molecule has 0 spiro atoms. The lowest BCUT2D eigenvalue weighted by molar-refractivity contribution is 0.617. The van der Waals surface area contributed by atoms with E-state index in [9.17, 15) is 0 Å². The predicted octanol–water partition coefficient (Wildman–Crippen LogP) is 3.59. The molecule has 4 rings (SSSR count). The van der Waals surface area contributed by atoms with Crippen LogP contribution in [-0.4, -0.2) is 19.9 Å². The highest BCUT2D eigenvalue weighted by molar-refractivity contribution is 5.75. The van der Waals surface area contributed by atoms with Crippen LogP contribution in [0.2, 0.25) is 0 Å². The van der Waals surface area contributed by atoms with Crippen LogP contribution in [-0.2, 0) is 0 Å². The molecule has 1 aromatic carbocycles. The summed E-state index contributed by atoms with van der Waals surface area (Å²) in [4.78, 5) is 16.4. The second-order valence-corrected chi connectivity index (χ2v) is 4.78. The molecule has 0 unspecified atom stereocenters. The molecule has 1 N–H and O–H groups in total. The Hall–Kier alpha value is -2.95. The molecule has 3 heterocycles. The Morgan fingerprint density at radius 2 is 1.81 bits per heavy atom. The highest BCUT2D eigenvalue weighted by Crippen LogP contribution is 2.24. The van der Waals surface area contributed by atoms with Gasteiger partial charge in [-0.25, -0.2) is 15.0 Å². The van der Waals surface area contributed by atoms with Gasteiger partial charge in [0.15, 0.2) is 5.58 Å². The zero-order valence-electron chi connectivity index (χ0n) is 11.4. The van der Waals surface area contributed by atoms with Crippen LogP contribution in [0.25, 0.3) is 34.1 Å². The van der Waals surface area contributed by atoms with E-state index in [-0.39, 0.29) is 0 Å². The van der Waals surface area contributed by atoms with Gasteiger partial charge in [0.1, 0.15) is 17.0 Å². The summed E-state index contributed by atoms with van der Waals surface area (Å²) in [5.41, 5.74) is 3.99. The summed E-state index contributed by atoms with van der Waals surface area (Å²) < 4.78 is 5.75. The van der Waals surface area contributed by atoms with Crippen LogP contribution in [0.4, 0.5) is 0 Å². The van der Waals surface area contributed by atoms with Gasteiger partial charge in [0.2, 0.25) is 5.89 Å². The van der Waals surface area contributed by atoms with Gasteiger partial charge in [-0.05, 0) is 31.2 Å². The molecule has 0 bridgehead atoms. The van der Waals surface area contributed by atoms with Crippen LogP contribution in [0.3, 0.4) is 0 Å². The number of aryl methyl sites for hydroxylation is 1. The molecular formula is C16H12N4O. The van der Waals surface area contributed by atoms with Crippen molar-refractivity contribution in [2.45, 2.75) is 6.92 Å². The largest absolute Gasteiger partial charge is 0.435 e. The van der Waals surface area contributed by atoms with Crippen LogP contribution >= 0.6 is 0 Å². The van der Waals surface area contributed by atoms with Gasteiger partial charge in [-0.2, -0.15) is 0 Å². The van der Waals surface area contributed by atoms with E-state index in [1.54, 1.807) is 6.20 Å². The Bertz CT molecular complexity index is 890. The quantitative estimate of drug-likeness (QED) is 0.607. The summed E-state index contributed by atoms with van der Waals surface area (Å²) in [6, 6.07) is 13.4. The minimum atomic E-state index is 0.522. The Morgan fingerprint density at radius 1 is 0.952 bits per heavy atom. The van der Waals surface area contributed by atoms with Crippen molar-refractivity contribution in [2.75, 3.05) is 0 Å². The molecule has 0 saturated heterocycles. The first-order valence-corrected chi connectivity index (χ1v) is 6.64. The van der Waals surface area contributed by atoms with Crippen molar-refractivity contribution in [1.82, 2.24) is 19.9 Å². The number of aromatic nitrogens is 4. The first-order chi connectivity index (χ1) is 10.3.